The van der Waals surface area contributed by atoms with E-state index in [9.17, 15) is 4.79 Å². The summed E-state index contributed by atoms with van der Waals surface area (Å²) in [6.45, 7) is 5.80. The minimum absolute atomic E-state index is 0.186. The van der Waals surface area contributed by atoms with Crippen LogP contribution in [0.15, 0.2) is 36.7 Å². The molecule has 3 rings (SSSR count). The molecule has 25 heavy (non-hydrogen) atoms. The number of carbonyl (C=O) groups excluding carboxylic acids is 1. The highest BCUT2D eigenvalue weighted by Crippen LogP contribution is 2.28. The number of para-hydroxylation sites is 2. The summed E-state index contributed by atoms with van der Waals surface area (Å²) < 4.78 is 5.43. The zero-order valence-corrected chi connectivity index (χ0v) is 14.4. The van der Waals surface area contributed by atoms with Gasteiger partial charge in [-0.2, -0.15) is 0 Å². The minimum atomic E-state index is -0.186. The van der Waals surface area contributed by atoms with Crippen molar-refractivity contribution in [2.75, 3.05) is 43.1 Å². The fraction of sp³-hybridized carbons (Fsp3) is 0.389. The van der Waals surface area contributed by atoms with Crippen molar-refractivity contribution in [2.24, 2.45) is 0 Å². The number of rotatable bonds is 6. The Kier molecular flexibility index (Phi) is 5.79. The summed E-state index contributed by atoms with van der Waals surface area (Å²) in [5.41, 5.74) is 2.40. The molecule has 132 valence electrons. The monoisotopic (exact) mass is 341 g/mol. The molecule has 1 aliphatic rings. The van der Waals surface area contributed by atoms with E-state index < -0.39 is 0 Å². The molecule has 2 heterocycles. The first-order chi connectivity index (χ1) is 12.3. The van der Waals surface area contributed by atoms with Crippen molar-refractivity contribution >= 4 is 23.1 Å². The van der Waals surface area contributed by atoms with Crippen molar-refractivity contribution in [2.45, 2.75) is 13.3 Å². The van der Waals surface area contributed by atoms with E-state index in [1.807, 2.05) is 25.1 Å². The van der Waals surface area contributed by atoms with Crippen molar-refractivity contribution in [1.29, 1.82) is 0 Å². The summed E-state index contributed by atoms with van der Waals surface area (Å²) in [4.78, 5) is 22.6. The molecule has 1 saturated heterocycles. The largest absolute Gasteiger partial charge is 0.378 e. The molecular formula is C18H23N5O2. The topological polar surface area (TPSA) is 79.4 Å². The number of hydrogen-bond acceptors (Lipinski definition) is 6. The summed E-state index contributed by atoms with van der Waals surface area (Å²) in [6.07, 6.45) is 2.29. The second-order valence-electron chi connectivity index (χ2n) is 5.79. The second kappa shape index (κ2) is 8.43. The van der Waals surface area contributed by atoms with E-state index in [0.29, 0.717) is 18.1 Å². The normalized spacial score (nSPS) is 14.2. The number of ether oxygens (including phenoxy) is 1. The molecule has 0 saturated carbocycles. The van der Waals surface area contributed by atoms with Crippen LogP contribution < -0.4 is 15.5 Å². The van der Waals surface area contributed by atoms with Gasteiger partial charge in [-0.25, -0.2) is 9.97 Å². The summed E-state index contributed by atoms with van der Waals surface area (Å²) in [5, 5.41) is 6.13. The number of benzene rings is 1. The van der Waals surface area contributed by atoms with Gasteiger partial charge in [0.1, 0.15) is 17.8 Å². The summed E-state index contributed by atoms with van der Waals surface area (Å²) >= 11 is 0. The average molecular weight is 341 g/mol. The van der Waals surface area contributed by atoms with E-state index in [1.165, 1.54) is 6.33 Å². The quantitative estimate of drug-likeness (QED) is 0.838. The smallest absolute Gasteiger partial charge is 0.270 e. The first kappa shape index (κ1) is 17.2. The van der Waals surface area contributed by atoms with Gasteiger partial charge in [-0.1, -0.05) is 19.1 Å². The molecule has 1 aromatic heterocycles. The van der Waals surface area contributed by atoms with E-state index in [-0.39, 0.29) is 5.91 Å². The van der Waals surface area contributed by atoms with Gasteiger partial charge in [0, 0.05) is 25.7 Å². The predicted molar refractivity (Wildman–Crippen MR) is 97.4 cm³/mol. The van der Waals surface area contributed by atoms with Gasteiger partial charge < -0.3 is 20.3 Å². The number of nitrogens with one attached hydrogen (secondary N) is 2. The van der Waals surface area contributed by atoms with Crippen LogP contribution in [0.5, 0.6) is 0 Å². The van der Waals surface area contributed by atoms with Crippen LogP contribution in [0, 0.1) is 0 Å². The zero-order chi connectivity index (χ0) is 17.5. The van der Waals surface area contributed by atoms with Crippen LogP contribution in [0.25, 0.3) is 0 Å². The zero-order valence-electron chi connectivity index (χ0n) is 14.4. The molecule has 2 aromatic rings. The third kappa shape index (κ3) is 4.45. The molecule has 2 N–H and O–H groups in total. The van der Waals surface area contributed by atoms with Crippen molar-refractivity contribution < 1.29 is 9.53 Å². The SMILES string of the molecule is CCCNC(=O)c1cc(Nc2ccccc2N2CCOCC2)ncn1. The standard InChI is InChI=1S/C18H23N5O2/c1-2-7-19-18(24)15-12-17(21-13-20-15)22-14-5-3-4-6-16(14)23-8-10-25-11-9-23/h3-6,12-13H,2,7-11H2,1H3,(H,19,24)(H,20,21,22). The van der Waals surface area contributed by atoms with Gasteiger partial charge in [0.05, 0.1) is 24.6 Å². The third-order valence-electron chi connectivity index (χ3n) is 3.95. The van der Waals surface area contributed by atoms with E-state index in [1.54, 1.807) is 6.07 Å². The van der Waals surface area contributed by atoms with Crippen LogP contribution in [0.1, 0.15) is 23.8 Å². The highest BCUT2D eigenvalue weighted by molar-refractivity contribution is 5.93. The van der Waals surface area contributed by atoms with Crippen LogP contribution >= 0.6 is 0 Å². The minimum Gasteiger partial charge on any atom is -0.378 e. The lowest BCUT2D eigenvalue weighted by atomic mass is 10.2. The Hall–Kier alpha value is -2.67. The van der Waals surface area contributed by atoms with E-state index in [0.717, 1.165) is 44.1 Å². The van der Waals surface area contributed by atoms with E-state index in [2.05, 4.69) is 31.6 Å². The summed E-state index contributed by atoms with van der Waals surface area (Å²) in [7, 11) is 0. The Labute approximate surface area is 147 Å². The van der Waals surface area contributed by atoms with Gasteiger partial charge in [0.15, 0.2) is 0 Å². The number of morpholine rings is 1. The van der Waals surface area contributed by atoms with Crippen LogP contribution in [0.3, 0.4) is 0 Å². The van der Waals surface area contributed by atoms with E-state index in [4.69, 9.17) is 4.74 Å². The molecule has 0 aliphatic carbocycles. The lowest BCUT2D eigenvalue weighted by molar-refractivity contribution is 0.0948. The Morgan fingerprint density at radius 2 is 2.04 bits per heavy atom. The molecule has 7 heteroatoms. The molecular weight excluding hydrogens is 318 g/mol. The number of carbonyl (C=O) groups is 1. The molecule has 7 nitrogen and oxygen atoms in total. The number of anilines is 3. The predicted octanol–water partition coefficient (Wildman–Crippen LogP) is 2.20. The van der Waals surface area contributed by atoms with E-state index >= 15 is 0 Å². The molecule has 1 fully saturated rings. The fourth-order valence-corrected chi connectivity index (χ4v) is 2.68. The summed E-state index contributed by atoms with van der Waals surface area (Å²) in [5.74, 6) is 0.408. The van der Waals surface area contributed by atoms with Gasteiger partial charge in [-0.05, 0) is 18.6 Å². The molecule has 0 bridgehead atoms. The van der Waals surface area contributed by atoms with Gasteiger partial charge >= 0.3 is 0 Å². The molecule has 0 unspecified atom stereocenters. The third-order valence-corrected chi connectivity index (χ3v) is 3.95. The van der Waals surface area contributed by atoms with Gasteiger partial charge in [0.2, 0.25) is 0 Å². The van der Waals surface area contributed by atoms with Crippen molar-refractivity contribution in [1.82, 2.24) is 15.3 Å². The lowest BCUT2D eigenvalue weighted by Gasteiger charge is -2.30. The fourth-order valence-electron chi connectivity index (χ4n) is 2.68. The number of aromatic nitrogens is 2. The first-order valence-electron chi connectivity index (χ1n) is 8.57. The Morgan fingerprint density at radius 3 is 2.84 bits per heavy atom. The van der Waals surface area contributed by atoms with Crippen molar-refractivity contribution in [3.63, 3.8) is 0 Å². The highest BCUT2D eigenvalue weighted by atomic mass is 16.5. The van der Waals surface area contributed by atoms with Crippen LogP contribution in [0.4, 0.5) is 17.2 Å². The highest BCUT2D eigenvalue weighted by Gasteiger charge is 2.15. The maximum atomic E-state index is 12.1. The van der Waals surface area contributed by atoms with Crippen LogP contribution in [-0.2, 0) is 4.74 Å². The Bertz CT molecular complexity index is 716. The Morgan fingerprint density at radius 1 is 1.24 bits per heavy atom. The van der Waals surface area contributed by atoms with Crippen LogP contribution in [-0.4, -0.2) is 48.7 Å². The van der Waals surface area contributed by atoms with Crippen LogP contribution in [0.2, 0.25) is 0 Å². The van der Waals surface area contributed by atoms with Gasteiger partial charge in [0.25, 0.3) is 5.91 Å². The number of amides is 1. The maximum Gasteiger partial charge on any atom is 0.270 e. The van der Waals surface area contributed by atoms with Crippen molar-refractivity contribution in [3.8, 4) is 0 Å². The maximum absolute atomic E-state index is 12.1. The molecule has 0 radical (unpaired) electrons. The summed E-state index contributed by atoms with van der Waals surface area (Å²) in [6, 6.07) is 9.73. The Balaban J connectivity index is 1.77. The number of hydrogen-bond donors (Lipinski definition) is 2. The second-order valence-corrected chi connectivity index (χ2v) is 5.79. The molecule has 0 atom stereocenters. The first-order valence-corrected chi connectivity index (χ1v) is 8.57. The van der Waals surface area contributed by atoms with Crippen molar-refractivity contribution in [3.05, 3.63) is 42.4 Å². The van der Waals surface area contributed by atoms with Gasteiger partial charge in [-0.15, -0.1) is 0 Å². The number of nitrogens with zero attached hydrogens (tertiary/aromatic N) is 3. The molecule has 1 aromatic carbocycles. The molecule has 0 spiro atoms. The van der Waals surface area contributed by atoms with Gasteiger partial charge in [-0.3, -0.25) is 4.79 Å². The molecule has 1 amide bonds. The average Bonchev–Trinajstić information content (AvgIpc) is 2.67. The molecule has 1 aliphatic heterocycles. The lowest BCUT2D eigenvalue weighted by Crippen LogP contribution is -2.36.